The third-order valence-corrected chi connectivity index (χ3v) is 7.79. The topological polar surface area (TPSA) is 90.0 Å². The van der Waals surface area contributed by atoms with E-state index in [0.29, 0.717) is 5.69 Å². The van der Waals surface area contributed by atoms with Crippen LogP contribution in [0.2, 0.25) is 0 Å². The van der Waals surface area contributed by atoms with Crippen LogP contribution in [0.5, 0.6) is 0 Å². The standard InChI is InChI=1S/C25H35BrN4O4S/c1-17(2)27-25(32)20(5)29(15-21-9-8-10-22(26)14-21)24(31)16-30(35(33,34)28(6)7)23-13-18(3)11-12-19(23)4/h8-14,17,20H,15-16H2,1-7H3,(H,27,32). The number of carbonyl (C=O) groups excluding carboxylic acids is 2. The second kappa shape index (κ2) is 12.0. The minimum atomic E-state index is -3.99. The van der Waals surface area contributed by atoms with E-state index in [9.17, 15) is 18.0 Å². The molecule has 0 aliphatic heterocycles. The molecule has 0 saturated heterocycles. The number of anilines is 1. The van der Waals surface area contributed by atoms with Crippen LogP contribution < -0.4 is 9.62 Å². The number of benzene rings is 2. The number of rotatable bonds is 10. The lowest BCUT2D eigenvalue weighted by molar-refractivity contribution is -0.139. The molecule has 192 valence electrons. The van der Waals surface area contributed by atoms with Crippen molar-refractivity contribution >= 4 is 43.6 Å². The van der Waals surface area contributed by atoms with Gasteiger partial charge in [-0.1, -0.05) is 40.2 Å². The summed E-state index contributed by atoms with van der Waals surface area (Å²) in [5.41, 5.74) is 2.82. The molecular weight excluding hydrogens is 532 g/mol. The molecule has 0 fully saturated rings. The molecule has 1 N–H and O–H groups in total. The third kappa shape index (κ3) is 7.52. The third-order valence-electron chi connectivity index (χ3n) is 5.49. The van der Waals surface area contributed by atoms with Crippen molar-refractivity contribution in [2.75, 3.05) is 24.9 Å². The summed E-state index contributed by atoms with van der Waals surface area (Å²) >= 11 is 3.44. The first-order valence-corrected chi connectivity index (χ1v) is 13.5. The maximum Gasteiger partial charge on any atom is 0.304 e. The summed E-state index contributed by atoms with van der Waals surface area (Å²) in [7, 11) is -1.14. The zero-order valence-electron chi connectivity index (χ0n) is 21.4. The first-order valence-electron chi connectivity index (χ1n) is 11.4. The molecule has 35 heavy (non-hydrogen) atoms. The minimum Gasteiger partial charge on any atom is -0.352 e. The molecule has 0 saturated carbocycles. The van der Waals surface area contributed by atoms with Crippen molar-refractivity contribution in [1.82, 2.24) is 14.5 Å². The highest BCUT2D eigenvalue weighted by atomic mass is 79.9. The molecular formula is C25H35BrN4O4S. The molecule has 2 rings (SSSR count). The molecule has 0 aliphatic carbocycles. The van der Waals surface area contributed by atoms with Crippen molar-refractivity contribution in [3.63, 3.8) is 0 Å². The minimum absolute atomic E-state index is 0.103. The summed E-state index contributed by atoms with van der Waals surface area (Å²) in [5, 5.41) is 2.84. The summed E-state index contributed by atoms with van der Waals surface area (Å²) in [6.07, 6.45) is 0. The van der Waals surface area contributed by atoms with Crippen LogP contribution in [0.3, 0.4) is 0 Å². The Bertz CT molecular complexity index is 1170. The number of hydrogen-bond acceptors (Lipinski definition) is 4. The second-order valence-corrected chi connectivity index (χ2v) is 12.1. The Hall–Kier alpha value is -2.43. The molecule has 0 spiro atoms. The van der Waals surface area contributed by atoms with E-state index in [2.05, 4.69) is 21.2 Å². The summed E-state index contributed by atoms with van der Waals surface area (Å²) in [4.78, 5) is 28.0. The number of amides is 2. The van der Waals surface area contributed by atoms with Crippen LogP contribution in [0, 0.1) is 13.8 Å². The smallest absolute Gasteiger partial charge is 0.304 e. The fourth-order valence-corrected chi connectivity index (χ4v) is 5.07. The van der Waals surface area contributed by atoms with E-state index in [-0.39, 0.29) is 18.5 Å². The zero-order chi connectivity index (χ0) is 26.5. The van der Waals surface area contributed by atoms with Gasteiger partial charge in [-0.05, 0) is 69.5 Å². The highest BCUT2D eigenvalue weighted by Gasteiger charge is 2.33. The van der Waals surface area contributed by atoms with E-state index >= 15 is 0 Å². The Kier molecular flexibility index (Phi) is 9.88. The largest absolute Gasteiger partial charge is 0.352 e. The maximum absolute atomic E-state index is 13.7. The van der Waals surface area contributed by atoms with E-state index in [1.165, 1.54) is 19.0 Å². The summed E-state index contributed by atoms with van der Waals surface area (Å²) < 4.78 is 29.6. The van der Waals surface area contributed by atoms with Gasteiger partial charge in [-0.2, -0.15) is 12.7 Å². The number of hydrogen-bond donors (Lipinski definition) is 1. The Morgan fingerprint density at radius 3 is 2.26 bits per heavy atom. The van der Waals surface area contributed by atoms with Crippen LogP contribution in [0.4, 0.5) is 5.69 Å². The van der Waals surface area contributed by atoms with Gasteiger partial charge in [0.2, 0.25) is 11.8 Å². The SMILES string of the molecule is Cc1ccc(C)c(N(CC(=O)N(Cc2cccc(Br)c2)C(C)C(=O)NC(C)C)S(=O)(=O)N(C)C)c1. The van der Waals surface area contributed by atoms with Crippen molar-refractivity contribution in [1.29, 1.82) is 0 Å². The monoisotopic (exact) mass is 566 g/mol. The van der Waals surface area contributed by atoms with Crippen LogP contribution in [0.1, 0.15) is 37.5 Å². The first-order chi connectivity index (χ1) is 16.2. The van der Waals surface area contributed by atoms with Crippen molar-refractivity contribution in [2.45, 2.75) is 53.2 Å². The highest BCUT2D eigenvalue weighted by Crippen LogP contribution is 2.26. The molecule has 2 aromatic carbocycles. The van der Waals surface area contributed by atoms with E-state index < -0.39 is 28.7 Å². The van der Waals surface area contributed by atoms with Gasteiger partial charge < -0.3 is 10.2 Å². The quantitative estimate of drug-likeness (QED) is 0.475. The molecule has 0 aliphatic rings. The van der Waals surface area contributed by atoms with Crippen molar-refractivity contribution in [3.8, 4) is 0 Å². The van der Waals surface area contributed by atoms with Crippen LogP contribution in [-0.4, -0.2) is 62.2 Å². The van der Waals surface area contributed by atoms with Crippen molar-refractivity contribution in [3.05, 3.63) is 63.6 Å². The van der Waals surface area contributed by atoms with Gasteiger partial charge in [-0.25, -0.2) is 4.31 Å². The van der Waals surface area contributed by atoms with Crippen LogP contribution in [0.15, 0.2) is 46.9 Å². The van der Waals surface area contributed by atoms with Gasteiger partial charge in [0.05, 0.1) is 5.69 Å². The van der Waals surface area contributed by atoms with Gasteiger partial charge in [-0.15, -0.1) is 0 Å². The second-order valence-electron chi connectivity index (χ2n) is 9.08. The average Bonchev–Trinajstić information content (AvgIpc) is 2.76. The van der Waals surface area contributed by atoms with Crippen molar-refractivity contribution in [2.24, 2.45) is 0 Å². The summed E-state index contributed by atoms with van der Waals surface area (Å²) in [6, 6.07) is 12.0. The molecule has 0 radical (unpaired) electrons. The van der Waals surface area contributed by atoms with E-state index in [0.717, 1.165) is 29.8 Å². The number of nitrogens with one attached hydrogen (secondary N) is 1. The molecule has 0 heterocycles. The fraction of sp³-hybridized carbons (Fsp3) is 0.440. The molecule has 1 unspecified atom stereocenters. The van der Waals surface area contributed by atoms with Crippen LogP contribution in [-0.2, 0) is 26.3 Å². The van der Waals surface area contributed by atoms with E-state index in [1.54, 1.807) is 19.9 Å². The van der Waals surface area contributed by atoms with Gasteiger partial charge in [-0.3, -0.25) is 9.59 Å². The lowest BCUT2D eigenvalue weighted by Gasteiger charge is -2.33. The lowest BCUT2D eigenvalue weighted by atomic mass is 10.1. The molecule has 2 amide bonds. The summed E-state index contributed by atoms with van der Waals surface area (Å²) in [5.74, 6) is -0.792. The molecule has 0 aromatic heterocycles. The Morgan fingerprint density at radius 1 is 1.03 bits per heavy atom. The summed E-state index contributed by atoms with van der Waals surface area (Å²) in [6.45, 7) is 8.70. The fourth-order valence-electron chi connectivity index (χ4n) is 3.51. The molecule has 2 aromatic rings. The predicted octanol–water partition coefficient (Wildman–Crippen LogP) is 3.62. The molecule has 10 heteroatoms. The number of aryl methyl sites for hydroxylation is 2. The lowest BCUT2D eigenvalue weighted by Crippen LogP contribution is -2.53. The zero-order valence-corrected chi connectivity index (χ0v) is 23.8. The van der Waals surface area contributed by atoms with Gasteiger partial charge in [0.15, 0.2) is 0 Å². The Labute approximate surface area is 217 Å². The van der Waals surface area contributed by atoms with Crippen LogP contribution in [0.25, 0.3) is 0 Å². The molecule has 0 bridgehead atoms. The first kappa shape index (κ1) is 28.8. The van der Waals surface area contributed by atoms with Gasteiger partial charge >= 0.3 is 10.2 Å². The number of carbonyl (C=O) groups is 2. The van der Waals surface area contributed by atoms with E-state index in [4.69, 9.17) is 0 Å². The van der Waals surface area contributed by atoms with E-state index in [1.807, 2.05) is 57.2 Å². The Balaban J connectivity index is 2.51. The Morgan fingerprint density at radius 2 is 1.69 bits per heavy atom. The van der Waals surface area contributed by atoms with Gasteiger partial charge in [0.1, 0.15) is 12.6 Å². The number of halogens is 1. The van der Waals surface area contributed by atoms with Gasteiger partial charge in [0, 0.05) is 31.2 Å². The highest BCUT2D eigenvalue weighted by molar-refractivity contribution is 9.10. The molecule has 8 nitrogen and oxygen atoms in total. The molecule has 1 atom stereocenters. The van der Waals surface area contributed by atoms with Crippen LogP contribution >= 0.6 is 15.9 Å². The number of nitrogens with zero attached hydrogens (tertiary/aromatic N) is 3. The average molecular weight is 568 g/mol. The van der Waals surface area contributed by atoms with Gasteiger partial charge in [0.25, 0.3) is 0 Å². The normalized spacial score (nSPS) is 12.5. The van der Waals surface area contributed by atoms with Crippen molar-refractivity contribution < 1.29 is 18.0 Å². The maximum atomic E-state index is 13.7. The predicted molar refractivity (Wildman–Crippen MR) is 143 cm³/mol.